The molecule has 10 heteroatoms. The number of rotatable bonds is 5. The van der Waals surface area contributed by atoms with Crippen LogP contribution in [0.15, 0.2) is 21.9 Å². The molecular weight excluding hydrogens is 380 g/mol. The lowest BCUT2D eigenvalue weighted by atomic mass is 9.90. The zero-order valence-corrected chi connectivity index (χ0v) is 15.9. The molecule has 142 valence electrons. The Kier molecular flexibility index (Phi) is 6.76. The van der Waals surface area contributed by atoms with Gasteiger partial charge in [0.25, 0.3) is 0 Å². The van der Waals surface area contributed by atoms with E-state index in [1.54, 1.807) is 17.5 Å². The summed E-state index contributed by atoms with van der Waals surface area (Å²) < 4.78 is 10.9. The highest BCUT2D eigenvalue weighted by molar-refractivity contribution is 7.14. The van der Waals surface area contributed by atoms with Crippen LogP contribution in [-0.2, 0) is 20.9 Å². The number of nitrogens with one attached hydrogen (secondary N) is 2. The summed E-state index contributed by atoms with van der Waals surface area (Å²) in [7, 11) is 0. The van der Waals surface area contributed by atoms with E-state index in [-0.39, 0.29) is 24.2 Å². The van der Waals surface area contributed by atoms with E-state index in [0.29, 0.717) is 54.9 Å². The molecule has 8 nitrogen and oxygen atoms in total. The first-order valence-electron chi connectivity index (χ1n) is 7.93. The zero-order valence-electron chi connectivity index (χ0n) is 14.2. The fourth-order valence-electron chi connectivity index (χ4n) is 2.45. The number of hydrogen-bond acceptors (Lipinski definition) is 7. The standard InChI is InChI=1S/C16H20N4O4S.ClH/c1-10(21)18-8-11-2-3-13(24-11)12-9-25-15(19-12)20-14(22)16(17)4-6-23-7-5-16;/h2-3,9H,4-8,17H2,1H3,(H,18,21)(H,19,20,22);1H. The van der Waals surface area contributed by atoms with E-state index < -0.39 is 5.54 Å². The molecule has 1 aliphatic heterocycles. The van der Waals surface area contributed by atoms with E-state index in [1.165, 1.54) is 18.3 Å². The first kappa shape index (κ1) is 20.4. The van der Waals surface area contributed by atoms with E-state index in [4.69, 9.17) is 14.9 Å². The van der Waals surface area contributed by atoms with E-state index in [0.717, 1.165) is 0 Å². The summed E-state index contributed by atoms with van der Waals surface area (Å²) in [6, 6.07) is 3.56. The summed E-state index contributed by atoms with van der Waals surface area (Å²) in [4.78, 5) is 27.7. The van der Waals surface area contributed by atoms with E-state index in [2.05, 4.69) is 15.6 Å². The van der Waals surface area contributed by atoms with Gasteiger partial charge in [-0.1, -0.05) is 0 Å². The van der Waals surface area contributed by atoms with Crippen LogP contribution < -0.4 is 16.4 Å². The third-order valence-electron chi connectivity index (χ3n) is 3.99. The lowest BCUT2D eigenvalue weighted by Crippen LogP contribution is -2.54. The number of nitrogens with zero attached hydrogens (tertiary/aromatic N) is 1. The van der Waals surface area contributed by atoms with Gasteiger partial charge in [0.2, 0.25) is 11.8 Å². The van der Waals surface area contributed by atoms with Gasteiger partial charge in [0.1, 0.15) is 17.0 Å². The smallest absolute Gasteiger partial charge is 0.246 e. The number of furan rings is 1. The molecule has 0 atom stereocenters. The van der Waals surface area contributed by atoms with Gasteiger partial charge in [-0.2, -0.15) is 0 Å². The fourth-order valence-corrected chi connectivity index (χ4v) is 3.15. The quantitative estimate of drug-likeness (QED) is 0.705. The van der Waals surface area contributed by atoms with Crippen molar-refractivity contribution in [1.82, 2.24) is 10.3 Å². The van der Waals surface area contributed by atoms with Crippen LogP contribution in [0.3, 0.4) is 0 Å². The number of thiazole rings is 1. The molecule has 1 saturated heterocycles. The molecular formula is C16H21ClN4O4S. The number of aromatic nitrogens is 1. The average Bonchev–Trinajstić information content (AvgIpc) is 3.22. The molecule has 2 amide bonds. The van der Waals surface area contributed by atoms with Gasteiger partial charge in [0, 0.05) is 25.5 Å². The molecule has 2 aromatic rings. The van der Waals surface area contributed by atoms with Crippen molar-refractivity contribution >= 4 is 40.7 Å². The van der Waals surface area contributed by atoms with E-state index in [9.17, 15) is 9.59 Å². The summed E-state index contributed by atoms with van der Waals surface area (Å²) in [5, 5.41) is 7.71. The zero-order chi connectivity index (χ0) is 17.9. The molecule has 0 aliphatic carbocycles. The van der Waals surface area contributed by atoms with Crippen molar-refractivity contribution in [3.8, 4) is 11.5 Å². The van der Waals surface area contributed by atoms with Crippen LogP contribution in [-0.4, -0.2) is 35.6 Å². The number of amides is 2. The maximum absolute atomic E-state index is 12.4. The van der Waals surface area contributed by atoms with Crippen LogP contribution in [0.1, 0.15) is 25.5 Å². The van der Waals surface area contributed by atoms with E-state index >= 15 is 0 Å². The topological polar surface area (TPSA) is 119 Å². The van der Waals surface area contributed by atoms with Crippen LogP contribution in [0.25, 0.3) is 11.5 Å². The molecule has 1 fully saturated rings. The van der Waals surface area contributed by atoms with Crippen LogP contribution in [0.2, 0.25) is 0 Å². The van der Waals surface area contributed by atoms with Crippen LogP contribution in [0, 0.1) is 0 Å². The fraction of sp³-hybridized carbons (Fsp3) is 0.438. The van der Waals surface area contributed by atoms with Crippen molar-refractivity contribution in [2.45, 2.75) is 31.8 Å². The normalized spacial score (nSPS) is 15.8. The summed E-state index contributed by atoms with van der Waals surface area (Å²) >= 11 is 1.30. The van der Waals surface area contributed by atoms with Crippen molar-refractivity contribution < 1.29 is 18.7 Å². The Morgan fingerprint density at radius 2 is 2.08 bits per heavy atom. The number of ether oxygens (including phenoxy) is 1. The van der Waals surface area contributed by atoms with Crippen molar-refractivity contribution in [1.29, 1.82) is 0 Å². The minimum Gasteiger partial charge on any atom is -0.458 e. The molecule has 0 bridgehead atoms. The van der Waals surface area contributed by atoms with Gasteiger partial charge in [-0.3, -0.25) is 9.59 Å². The molecule has 0 unspecified atom stereocenters. The second-order valence-corrected chi connectivity index (χ2v) is 6.79. The third-order valence-corrected chi connectivity index (χ3v) is 4.75. The number of halogens is 1. The largest absolute Gasteiger partial charge is 0.458 e. The maximum Gasteiger partial charge on any atom is 0.246 e. The van der Waals surface area contributed by atoms with Crippen molar-refractivity contribution in [3.63, 3.8) is 0 Å². The van der Waals surface area contributed by atoms with Gasteiger partial charge in [0.15, 0.2) is 10.9 Å². The van der Waals surface area contributed by atoms with Crippen LogP contribution >= 0.6 is 23.7 Å². The van der Waals surface area contributed by atoms with E-state index in [1.807, 2.05) is 0 Å². The van der Waals surface area contributed by atoms with Gasteiger partial charge >= 0.3 is 0 Å². The van der Waals surface area contributed by atoms with Crippen molar-refractivity contribution in [2.75, 3.05) is 18.5 Å². The Morgan fingerprint density at radius 1 is 1.35 bits per heavy atom. The summed E-state index contributed by atoms with van der Waals surface area (Å²) in [5.41, 5.74) is 5.86. The van der Waals surface area contributed by atoms with Crippen molar-refractivity contribution in [3.05, 3.63) is 23.3 Å². The number of carbonyl (C=O) groups is 2. The van der Waals surface area contributed by atoms with Gasteiger partial charge in [-0.05, 0) is 25.0 Å². The summed E-state index contributed by atoms with van der Waals surface area (Å²) in [6.45, 7) is 2.73. The second kappa shape index (κ2) is 8.63. The number of carbonyl (C=O) groups excluding carboxylic acids is 2. The molecule has 0 aromatic carbocycles. The Hall–Kier alpha value is -1.94. The molecule has 2 aromatic heterocycles. The van der Waals surface area contributed by atoms with Gasteiger partial charge in [-0.15, -0.1) is 23.7 Å². The Morgan fingerprint density at radius 3 is 2.77 bits per heavy atom. The number of hydrogen-bond donors (Lipinski definition) is 3. The average molecular weight is 401 g/mol. The van der Waals surface area contributed by atoms with Crippen LogP contribution in [0.4, 0.5) is 5.13 Å². The number of anilines is 1. The molecule has 0 radical (unpaired) electrons. The second-order valence-electron chi connectivity index (χ2n) is 5.94. The number of nitrogens with two attached hydrogens (primary N) is 1. The Balaban J connectivity index is 0.00000243. The Bertz CT molecular complexity index is 770. The molecule has 26 heavy (non-hydrogen) atoms. The van der Waals surface area contributed by atoms with Crippen LogP contribution in [0.5, 0.6) is 0 Å². The molecule has 3 heterocycles. The predicted molar refractivity (Wildman–Crippen MR) is 100 cm³/mol. The lowest BCUT2D eigenvalue weighted by Gasteiger charge is -2.31. The first-order chi connectivity index (χ1) is 12.0. The summed E-state index contributed by atoms with van der Waals surface area (Å²) in [5.74, 6) is 0.834. The monoisotopic (exact) mass is 400 g/mol. The SMILES string of the molecule is CC(=O)NCc1ccc(-c2csc(NC(=O)C3(N)CCOCC3)n2)o1.Cl. The molecule has 3 rings (SSSR count). The maximum atomic E-state index is 12.4. The summed E-state index contributed by atoms with van der Waals surface area (Å²) in [6.07, 6.45) is 0.976. The Labute approximate surface area is 160 Å². The highest BCUT2D eigenvalue weighted by Gasteiger charge is 2.36. The molecule has 4 N–H and O–H groups in total. The van der Waals surface area contributed by atoms with Gasteiger partial charge in [-0.25, -0.2) is 4.98 Å². The minimum absolute atomic E-state index is 0. The highest BCUT2D eigenvalue weighted by Crippen LogP contribution is 2.28. The predicted octanol–water partition coefficient (Wildman–Crippen LogP) is 1.91. The highest BCUT2D eigenvalue weighted by atomic mass is 35.5. The minimum atomic E-state index is -0.916. The lowest BCUT2D eigenvalue weighted by molar-refractivity contribution is -0.124. The van der Waals surface area contributed by atoms with Gasteiger partial charge in [0.05, 0.1) is 6.54 Å². The first-order valence-corrected chi connectivity index (χ1v) is 8.81. The van der Waals surface area contributed by atoms with Gasteiger partial charge < -0.3 is 25.5 Å². The molecule has 0 spiro atoms. The molecule has 1 aliphatic rings. The van der Waals surface area contributed by atoms with Crippen molar-refractivity contribution in [2.24, 2.45) is 5.73 Å². The third kappa shape index (κ3) is 4.82. The molecule has 0 saturated carbocycles.